The molecule has 4 aromatic rings. The van der Waals surface area contributed by atoms with Gasteiger partial charge in [-0.3, -0.25) is 14.7 Å². The average Bonchev–Trinajstić information content (AvgIpc) is 3.42. The molecule has 0 aliphatic carbocycles. The third-order valence-corrected chi connectivity index (χ3v) is 5.62. The number of nitrogens with zero attached hydrogens (tertiary/aromatic N) is 3. The fraction of sp³-hybridized carbons (Fsp3) is 0.208. The van der Waals surface area contributed by atoms with E-state index in [4.69, 9.17) is 4.42 Å². The molecule has 31 heavy (non-hydrogen) atoms. The van der Waals surface area contributed by atoms with Crippen molar-refractivity contribution < 1.29 is 13.6 Å². The zero-order valence-electron chi connectivity index (χ0n) is 16.7. The van der Waals surface area contributed by atoms with E-state index in [-0.39, 0.29) is 18.9 Å². The molecular weight excluding hydrogens is 395 g/mol. The van der Waals surface area contributed by atoms with Gasteiger partial charge in [0.25, 0.3) is 0 Å². The summed E-state index contributed by atoms with van der Waals surface area (Å²) >= 11 is 0. The molecule has 2 atom stereocenters. The molecule has 156 valence electrons. The van der Waals surface area contributed by atoms with Crippen LogP contribution in [0.2, 0.25) is 0 Å². The number of hydrogen-bond acceptors (Lipinski definition) is 5. The fourth-order valence-electron chi connectivity index (χ4n) is 4.09. The number of rotatable bonds is 5. The number of halogens is 1. The summed E-state index contributed by atoms with van der Waals surface area (Å²) in [6.07, 6.45) is 4.05. The van der Waals surface area contributed by atoms with Gasteiger partial charge in [-0.05, 0) is 41.0 Å². The normalized spacial score (nSPS) is 19.0. The minimum absolute atomic E-state index is 0.175. The van der Waals surface area contributed by atoms with Gasteiger partial charge in [0.05, 0.1) is 6.04 Å². The molecule has 5 rings (SSSR count). The number of likely N-dealkylation sites (tertiary alicyclic amines) is 1. The molecule has 0 spiro atoms. The lowest BCUT2D eigenvalue weighted by atomic mass is 10.1. The van der Waals surface area contributed by atoms with Crippen molar-refractivity contribution in [3.8, 4) is 11.1 Å². The van der Waals surface area contributed by atoms with E-state index in [9.17, 15) is 9.18 Å². The number of anilines is 1. The maximum Gasteiger partial charge on any atom is 0.241 e. The number of benzene rings is 2. The molecule has 1 aliphatic heterocycles. The number of aromatic nitrogens is 2. The van der Waals surface area contributed by atoms with Crippen LogP contribution in [0.1, 0.15) is 12.0 Å². The smallest absolute Gasteiger partial charge is 0.241 e. The quantitative estimate of drug-likeness (QED) is 0.521. The molecule has 7 heteroatoms. The fourth-order valence-corrected chi connectivity index (χ4v) is 4.09. The molecule has 1 aliphatic rings. The summed E-state index contributed by atoms with van der Waals surface area (Å²) in [4.78, 5) is 23.2. The van der Waals surface area contributed by atoms with Crippen LogP contribution in [-0.4, -0.2) is 39.5 Å². The molecule has 0 saturated carbocycles. The molecule has 1 saturated heterocycles. The van der Waals surface area contributed by atoms with Crippen molar-refractivity contribution in [3.05, 3.63) is 78.9 Å². The van der Waals surface area contributed by atoms with Gasteiger partial charge in [-0.1, -0.05) is 30.3 Å². The maximum atomic E-state index is 14.3. The molecule has 1 N–H and O–H groups in total. The second-order valence-electron chi connectivity index (χ2n) is 7.70. The lowest BCUT2D eigenvalue weighted by molar-refractivity contribution is -0.120. The molecular formula is C24H21FN4O2. The van der Waals surface area contributed by atoms with E-state index in [0.717, 1.165) is 22.2 Å². The number of hydrogen-bond donors (Lipinski definition) is 1. The molecule has 1 fully saturated rings. The lowest BCUT2D eigenvalue weighted by Crippen LogP contribution is -2.39. The Labute approximate surface area is 178 Å². The van der Waals surface area contributed by atoms with E-state index in [1.807, 2.05) is 59.5 Å². The van der Waals surface area contributed by atoms with Crippen LogP contribution >= 0.6 is 0 Å². The Hall–Kier alpha value is -3.58. The molecule has 0 unspecified atom stereocenters. The van der Waals surface area contributed by atoms with E-state index in [1.54, 1.807) is 12.4 Å². The number of nitrogens with one attached hydrogen (secondary N) is 1. The molecule has 0 bridgehead atoms. The van der Waals surface area contributed by atoms with Crippen LogP contribution in [0.3, 0.4) is 0 Å². The van der Waals surface area contributed by atoms with Crippen molar-refractivity contribution in [1.29, 1.82) is 0 Å². The Balaban J connectivity index is 1.30. The lowest BCUT2D eigenvalue weighted by Gasteiger charge is -2.23. The largest absolute Gasteiger partial charge is 0.443 e. The van der Waals surface area contributed by atoms with Crippen molar-refractivity contribution in [2.75, 3.05) is 11.9 Å². The number of amides is 1. The van der Waals surface area contributed by atoms with Crippen molar-refractivity contribution in [2.24, 2.45) is 0 Å². The standard InChI is InChI=1S/C24H21FN4O2/c25-19-11-21(29(14-19)13-18-3-1-5-22-23(18)27-15-31-22)24(30)28-20-8-6-16(7-9-20)17-4-2-10-26-12-17/h1-10,12,15,19,21H,11,13-14H2,(H,28,30)/t19-,21+/m0/s1. The van der Waals surface area contributed by atoms with Crippen LogP contribution in [0.4, 0.5) is 10.1 Å². The highest BCUT2D eigenvalue weighted by Gasteiger charge is 2.37. The molecule has 2 aromatic heterocycles. The summed E-state index contributed by atoms with van der Waals surface area (Å²) in [6, 6.07) is 16.5. The van der Waals surface area contributed by atoms with Crippen LogP contribution in [0.15, 0.2) is 77.8 Å². The van der Waals surface area contributed by atoms with Crippen molar-refractivity contribution in [3.63, 3.8) is 0 Å². The van der Waals surface area contributed by atoms with Crippen LogP contribution < -0.4 is 5.32 Å². The first kappa shape index (κ1) is 19.4. The van der Waals surface area contributed by atoms with Gasteiger partial charge in [-0.25, -0.2) is 9.37 Å². The van der Waals surface area contributed by atoms with Crippen LogP contribution in [0.5, 0.6) is 0 Å². The van der Waals surface area contributed by atoms with E-state index in [0.29, 0.717) is 17.8 Å². The maximum absolute atomic E-state index is 14.3. The number of alkyl halides is 1. The third-order valence-electron chi connectivity index (χ3n) is 5.62. The van der Waals surface area contributed by atoms with Gasteiger partial charge in [-0.15, -0.1) is 0 Å². The first-order chi connectivity index (χ1) is 15.2. The summed E-state index contributed by atoms with van der Waals surface area (Å²) < 4.78 is 19.6. The molecule has 3 heterocycles. The summed E-state index contributed by atoms with van der Waals surface area (Å²) in [5.41, 5.74) is 5.04. The SMILES string of the molecule is O=C(Nc1ccc(-c2cccnc2)cc1)[C@H]1C[C@H](F)CN1Cc1cccc2ocnc12. The molecule has 0 radical (unpaired) electrons. The van der Waals surface area contributed by atoms with Gasteiger partial charge in [0, 0.05) is 37.6 Å². The number of oxazole rings is 1. The van der Waals surface area contributed by atoms with Crippen LogP contribution in [0, 0.1) is 0 Å². The van der Waals surface area contributed by atoms with Gasteiger partial charge >= 0.3 is 0 Å². The highest BCUT2D eigenvalue weighted by Crippen LogP contribution is 2.27. The highest BCUT2D eigenvalue weighted by atomic mass is 19.1. The number of fused-ring (bicyclic) bond motifs is 1. The van der Waals surface area contributed by atoms with Gasteiger partial charge < -0.3 is 9.73 Å². The highest BCUT2D eigenvalue weighted by molar-refractivity contribution is 5.95. The molecule has 1 amide bonds. The number of carbonyl (C=O) groups is 1. The second kappa shape index (κ2) is 8.28. The predicted molar refractivity (Wildman–Crippen MR) is 116 cm³/mol. The van der Waals surface area contributed by atoms with Crippen molar-refractivity contribution >= 4 is 22.7 Å². The Morgan fingerprint density at radius 2 is 2.00 bits per heavy atom. The van der Waals surface area contributed by atoms with Gasteiger partial charge in [0.2, 0.25) is 5.91 Å². The summed E-state index contributed by atoms with van der Waals surface area (Å²) in [6.45, 7) is 0.647. The molecule has 2 aromatic carbocycles. The minimum atomic E-state index is -1.04. The summed E-state index contributed by atoms with van der Waals surface area (Å²) in [5, 5.41) is 2.93. The van der Waals surface area contributed by atoms with Crippen molar-refractivity contribution in [2.45, 2.75) is 25.2 Å². The van der Waals surface area contributed by atoms with E-state index in [2.05, 4.69) is 15.3 Å². The first-order valence-electron chi connectivity index (χ1n) is 10.2. The number of carbonyl (C=O) groups excluding carboxylic acids is 1. The zero-order chi connectivity index (χ0) is 21.2. The number of pyridine rings is 1. The van der Waals surface area contributed by atoms with E-state index >= 15 is 0 Å². The topological polar surface area (TPSA) is 71.3 Å². The van der Waals surface area contributed by atoms with Crippen LogP contribution in [-0.2, 0) is 11.3 Å². The first-order valence-corrected chi connectivity index (χ1v) is 10.2. The summed E-state index contributed by atoms with van der Waals surface area (Å²) in [5.74, 6) is -0.207. The van der Waals surface area contributed by atoms with Crippen LogP contribution in [0.25, 0.3) is 22.2 Å². The monoisotopic (exact) mass is 416 g/mol. The van der Waals surface area contributed by atoms with Gasteiger partial charge in [0.1, 0.15) is 11.7 Å². The van der Waals surface area contributed by atoms with Crippen molar-refractivity contribution in [1.82, 2.24) is 14.9 Å². The predicted octanol–water partition coefficient (Wildman–Crippen LogP) is 4.44. The third kappa shape index (κ3) is 4.04. The Bertz CT molecular complexity index is 1190. The van der Waals surface area contributed by atoms with E-state index in [1.165, 1.54) is 6.39 Å². The van der Waals surface area contributed by atoms with Gasteiger partial charge in [0.15, 0.2) is 12.0 Å². The summed E-state index contributed by atoms with van der Waals surface area (Å²) in [7, 11) is 0. The Morgan fingerprint density at radius 3 is 2.81 bits per heavy atom. The number of para-hydroxylation sites is 1. The van der Waals surface area contributed by atoms with Gasteiger partial charge in [-0.2, -0.15) is 0 Å². The average molecular weight is 416 g/mol. The second-order valence-corrected chi connectivity index (χ2v) is 7.70. The zero-order valence-corrected chi connectivity index (χ0v) is 16.7. The van der Waals surface area contributed by atoms with E-state index < -0.39 is 12.2 Å². The Kier molecular flexibility index (Phi) is 5.18. The minimum Gasteiger partial charge on any atom is -0.443 e. The Morgan fingerprint density at radius 1 is 1.13 bits per heavy atom. The molecule has 6 nitrogen and oxygen atoms in total.